The third kappa shape index (κ3) is 6.35. The molecule has 0 aliphatic carbocycles. The van der Waals surface area contributed by atoms with Gasteiger partial charge in [0.2, 0.25) is 5.96 Å². The number of urea groups is 1. The third-order valence-corrected chi connectivity index (χ3v) is 6.98. The third-order valence-electron chi connectivity index (χ3n) is 6.11. The molecule has 0 saturated heterocycles. The predicted molar refractivity (Wildman–Crippen MR) is 147 cm³/mol. The molecule has 2 aromatic carbocycles. The van der Waals surface area contributed by atoms with E-state index in [1.807, 2.05) is 0 Å². The Morgan fingerprint density at radius 1 is 1.18 bits per heavy atom. The van der Waals surface area contributed by atoms with E-state index in [9.17, 15) is 28.0 Å². The second kappa shape index (κ2) is 11.3. The molecule has 2 amide bonds. The van der Waals surface area contributed by atoms with E-state index < -0.39 is 43.8 Å². The topological polar surface area (TPSA) is 124 Å². The minimum atomic E-state index is -4.66. The number of guanidine groups is 1. The Balaban J connectivity index is 2.25. The number of rotatable bonds is 4. The number of alkyl halides is 3. The molecule has 1 aliphatic rings. The van der Waals surface area contributed by atoms with Crippen LogP contribution in [0.15, 0.2) is 53.7 Å². The molecule has 8 nitrogen and oxygen atoms in total. The second-order valence-electron chi connectivity index (χ2n) is 10.1. The molecular formula is C28H28F3N5O3Si. The maximum Gasteiger partial charge on any atom is 0.416 e. The van der Waals surface area contributed by atoms with Gasteiger partial charge in [-0.1, -0.05) is 37.7 Å². The average Bonchev–Trinajstić information content (AvgIpc) is 2.86. The van der Waals surface area contributed by atoms with Gasteiger partial charge in [0.05, 0.1) is 35.9 Å². The van der Waals surface area contributed by atoms with Crippen LogP contribution in [-0.4, -0.2) is 44.1 Å². The number of methoxy groups -OCH3 is 1. The van der Waals surface area contributed by atoms with Gasteiger partial charge in [-0.3, -0.25) is 15.2 Å². The molecule has 0 spiro atoms. The number of primary amides is 1. The van der Waals surface area contributed by atoms with E-state index in [1.165, 1.54) is 13.0 Å². The van der Waals surface area contributed by atoms with Gasteiger partial charge < -0.3 is 10.5 Å². The van der Waals surface area contributed by atoms with Crippen LogP contribution < -0.4 is 10.6 Å². The summed E-state index contributed by atoms with van der Waals surface area (Å²) in [7, 11) is -0.697. The minimum Gasteiger partial charge on any atom is -0.466 e. The van der Waals surface area contributed by atoms with Gasteiger partial charge in [0, 0.05) is 16.9 Å². The largest absolute Gasteiger partial charge is 0.466 e. The van der Waals surface area contributed by atoms with Crippen LogP contribution in [0.5, 0.6) is 0 Å². The molecule has 2 aromatic rings. The van der Waals surface area contributed by atoms with Crippen LogP contribution in [-0.2, 0) is 22.1 Å². The number of hydrogen-bond donors (Lipinski definition) is 2. The van der Waals surface area contributed by atoms with E-state index in [4.69, 9.17) is 15.9 Å². The summed E-state index contributed by atoms with van der Waals surface area (Å²) in [6.45, 7) is 7.61. The summed E-state index contributed by atoms with van der Waals surface area (Å²) in [5.74, 6) is 1.74. The highest BCUT2D eigenvalue weighted by Crippen LogP contribution is 2.36. The molecule has 1 heterocycles. The first-order chi connectivity index (χ1) is 18.6. The number of carbonyl (C=O) groups is 2. The zero-order chi connectivity index (χ0) is 30.0. The Morgan fingerprint density at radius 3 is 2.40 bits per heavy atom. The SMILES string of the molecule is COC(=O)C1=C(C)N(c2cccc(C(F)(F)F)c2)C(=N)N(C(N)=O)C1Cc1ccc(C#N)cc1C#C[Si](C)(C)C. The molecule has 0 aromatic heterocycles. The molecule has 208 valence electrons. The Labute approximate surface area is 231 Å². The monoisotopic (exact) mass is 567 g/mol. The first-order valence-corrected chi connectivity index (χ1v) is 15.6. The summed E-state index contributed by atoms with van der Waals surface area (Å²) in [5, 5.41) is 18.2. The second-order valence-corrected chi connectivity index (χ2v) is 14.9. The number of carbonyl (C=O) groups excluding carboxylic acids is 2. The van der Waals surface area contributed by atoms with Crippen molar-refractivity contribution in [2.45, 2.75) is 45.2 Å². The summed E-state index contributed by atoms with van der Waals surface area (Å²) in [5.41, 5.74) is 9.35. The molecule has 1 unspecified atom stereocenters. The zero-order valence-corrected chi connectivity index (χ0v) is 23.6. The van der Waals surface area contributed by atoms with Crippen molar-refractivity contribution in [2.24, 2.45) is 5.73 Å². The molecule has 0 radical (unpaired) electrons. The van der Waals surface area contributed by atoms with Crippen molar-refractivity contribution in [3.05, 3.63) is 76.0 Å². The summed E-state index contributed by atoms with van der Waals surface area (Å²) in [6.07, 6.45) is -4.70. The number of amides is 2. The van der Waals surface area contributed by atoms with Crippen LogP contribution in [0.2, 0.25) is 19.6 Å². The molecule has 3 rings (SSSR count). The van der Waals surface area contributed by atoms with Crippen molar-refractivity contribution in [3.8, 4) is 17.5 Å². The van der Waals surface area contributed by atoms with E-state index in [2.05, 4.69) is 37.2 Å². The fourth-order valence-corrected chi connectivity index (χ4v) is 4.80. The van der Waals surface area contributed by atoms with Gasteiger partial charge in [-0.05, 0) is 49.2 Å². The molecule has 1 aliphatic heterocycles. The molecule has 40 heavy (non-hydrogen) atoms. The number of esters is 1. The smallest absolute Gasteiger partial charge is 0.416 e. The molecular weight excluding hydrogens is 539 g/mol. The maximum absolute atomic E-state index is 13.5. The molecule has 0 fully saturated rings. The Hall–Kier alpha value is -4.55. The normalized spacial score (nSPS) is 15.8. The van der Waals surface area contributed by atoms with Crippen molar-refractivity contribution in [1.82, 2.24) is 4.90 Å². The number of ether oxygens (including phenoxy) is 1. The van der Waals surface area contributed by atoms with Crippen molar-refractivity contribution in [2.75, 3.05) is 12.0 Å². The predicted octanol–water partition coefficient (Wildman–Crippen LogP) is 5.00. The number of nitrogens with zero attached hydrogens (tertiary/aromatic N) is 3. The van der Waals surface area contributed by atoms with Gasteiger partial charge in [-0.25, -0.2) is 9.59 Å². The van der Waals surface area contributed by atoms with Crippen LogP contribution in [0, 0.1) is 28.2 Å². The summed E-state index contributed by atoms with van der Waals surface area (Å²) < 4.78 is 45.4. The van der Waals surface area contributed by atoms with Gasteiger partial charge in [-0.15, -0.1) is 5.54 Å². The fraction of sp³-hybridized carbons (Fsp3) is 0.286. The molecule has 1 atom stereocenters. The van der Waals surface area contributed by atoms with Gasteiger partial charge >= 0.3 is 18.2 Å². The lowest BCUT2D eigenvalue weighted by Crippen LogP contribution is -2.59. The van der Waals surface area contributed by atoms with Gasteiger partial charge in [0.1, 0.15) is 8.07 Å². The number of hydrogen-bond acceptors (Lipinski definition) is 5. The minimum absolute atomic E-state index is 0.0368. The highest BCUT2D eigenvalue weighted by atomic mass is 28.3. The van der Waals surface area contributed by atoms with Crippen molar-refractivity contribution in [3.63, 3.8) is 0 Å². The lowest BCUT2D eigenvalue weighted by Gasteiger charge is -2.42. The highest BCUT2D eigenvalue weighted by Gasteiger charge is 2.43. The van der Waals surface area contributed by atoms with Crippen LogP contribution in [0.4, 0.5) is 23.7 Å². The van der Waals surface area contributed by atoms with Crippen molar-refractivity contribution >= 4 is 31.7 Å². The van der Waals surface area contributed by atoms with E-state index in [1.54, 1.807) is 18.2 Å². The number of nitrogens with one attached hydrogen (secondary N) is 1. The standard InChI is InChI=1S/C28H28F3N5O3Si/c1-17-24(25(37)39-2)23(14-19-10-9-18(16-32)13-20(19)11-12-40(3,4)5)36(27(34)38)26(33)35(17)22-8-6-7-21(15-22)28(29,30)31/h6-10,13,15,23,33H,14H2,1-5H3,(H2,34,38). The first-order valence-electron chi connectivity index (χ1n) is 12.1. The molecule has 0 bridgehead atoms. The number of halogens is 3. The van der Waals surface area contributed by atoms with Crippen LogP contribution in [0.25, 0.3) is 0 Å². The summed E-state index contributed by atoms with van der Waals surface area (Å²) >= 11 is 0. The van der Waals surface area contributed by atoms with Crippen molar-refractivity contribution in [1.29, 1.82) is 10.7 Å². The zero-order valence-electron chi connectivity index (χ0n) is 22.6. The Morgan fingerprint density at radius 2 is 1.85 bits per heavy atom. The van der Waals surface area contributed by atoms with Gasteiger partial charge in [0.15, 0.2) is 0 Å². The quantitative estimate of drug-likeness (QED) is 0.306. The number of benzene rings is 2. The summed E-state index contributed by atoms with van der Waals surface area (Å²) in [6, 6.07) is 8.84. The number of anilines is 1. The maximum atomic E-state index is 13.5. The molecule has 12 heteroatoms. The first kappa shape index (κ1) is 30.0. The van der Waals surface area contributed by atoms with E-state index >= 15 is 0 Å². The lowest BCUT2D eigenvalue weighted by molar-refractivity contribution is -0.138. The summed E-state index contributed by atoms with van der Waals surface area (Å²) in [4.78, 5) is 27.7. The van der Waals surface area contributed by atoms with Crippen LogP contribution in [0.3, 0.4) is 0 Å². The molecule has 0 saturated carbocycles. The van der Waals surface area contributed by atoms with Crippen LogP contribution in [0.1, 0.15) is 29.2 Å². The van der Waals surface area contributed by atoms with E-state index in [0.29, 0.717) is 16.7 Å². The fourth-order valence-electron chi connectivity index (χ4n) is 4.29. The number of nitrogens with two attached hydrogens (primary N) is 1. The average molecular weight is 568 g/mol. The van der Waals surface area contributed by atoms with Crippen molar-refractivity contribution < 1.29 is 27.5 Å². The number of allylic oxidation sites excluding steroid dienone is 1. The number of nitriles is 1. The molecule has 3 N–H and O–H groups in total. The highest BCUT2D eigenvalue weighted by molar-refractivity contribution is 6.83. The van der Waals surface area contributed by atoms with E-state index in [0.717, 1.165) is 35.1 Å². The lowest BCUT2D eigenvalue weighted by atomic mass is 9.90. The Bertz CT molecular complexity index is 1510. The van der Waals surface area contributed by atoms with E-state index in [-0.39, 0.29) is 23.4 Å². The van der Waals surface area contributed by atoms with Gasteiger partial charge in [0.25, 0.3) is 0 Å². The van der Waals surface area contributed by atoms with Crippen LogP contribution >= 0.6 is 0 Å². The van der Waals surface area contributed by atoms with Gasteiger partial charge in [-0.2, -0.15) is 18.4 Å². The Kier molecular flexibility index (Phi) is 8.46.